The molecule has 0 bridgehead atoms. The van der Waals surface area contributed by atoms with Gasteiger partial charge in [-0.1, -0.05) is 6.92 Å². The van der Waals surface area contributed by atoms with E-state index in [1.54, 1.807) is 12.1 Å². The molecule has 1 aromatic carbocycles. The van der Waals surface area contributed by atoms with E-state index in [-0.39, 0.29) is 18.3 Å². The van der Waals surface area contributed by atoms with Crippen molar-refractivity contribution < 1.29 is 19.4 Å². The molecule has 0 aliphatic heterocycles. The molecule has 2 rings (SSSR count). The third kappa shape index (κ3) is 2.41. The summed E-state index contributed by atoms with van der Waals surface area (Å²) in [6.45, 7) is 1.61. The second-order valence-electron chi connectivity index (χ2n) is 4.30. The number of halogens is 1. The van der Waals surface area contributed by atoms with Crippen LogP contribution in [0.1, 0.15) is 29.3 Å². The second-order valence-corrected chi connectivity index (χ2v) is 5.15. The number of hydrogen-bond acceptors (Lipinski definition) is 3. The first-order valence-electron chi connectivity index (χ1n) is 5.74. The lowest BCUT2D eigenvalue weighted by atomic mass is 10.0. The number of carboxylic acid groups (broad SMARTS) is 1. The largest absolute Gasteiger partial charge is 0.482 e. The Bertz CT molecular complexity index is 510. The Morgan fingerprint density at radius 3 is 2.89 bits per heavy atom. The molecule has 1 atom stereocenters. The van der Waals surface area contributed by atoms with Crippen LogP contribution < -0.4 is 4.74 Å². The number of Topliss-reactive ketones (excluding diaryl/α,β-unsaturated/α-hetero) is 1. The zero-order chi connectivity index (χ0) is 13.3. The lowest BCUT2D eigenvalue weighted by molar-refractivity contribution is -0.139. The van der Waals surface area contributed by atoms with Gasteiger partial charge < -0.3 is 9.84 Å². The van der Waals surface area contributed by atoms with Gasteiger partial charge in [0.15, 0.2) is 12.4 Å². The number of carboxylic acids is 1. The van der Waals surface area contributed by atoms with Crippen molar-refractivity contribution in [3.05, 3.63) is 27.7 Å². The topological polar surface area (TPSA) is 63.6 Å². The highest BCUT2D eigenvalue weighted by Crippen LogP contribution is 2.36. The summed E-state index contributed by atoms with van der Waals surface area (Å²) in [5.41, 5.74) is 1.64. The number of fused-ring (bicyclic) bond motifs is 1. The van der Waals surface area contributed by atoms with Crippen LogP contribution in [0.4, 0.5) is 0 Å². The molecule has 0 amide bonds. The van der Waals surface area contributed by atoms with Crippen molar-refractivity contribution in [3.63, 3.8) is 0 Å². The van der Waals surface area contributed by atoms with E-state index in [9.17, 15) is 9.59 Å². The lowest BCUT2D eigenvalue weighted by Gasteiger charge is -2.07. The minimum Gasteiger partial charge on any atom is -0.482 e. The molecule has 1 aromatic rings. The van der Waals surface area contributed by atoms with Gasteiger partial charge in [0.25, 0.3) is 0 Å². The molecule has 0 fully saturated rings. The summed E-state index contributed by atoms with van der Waals surface area (Å²) in [6, 6.07) is 3.41. The summed E-state index contributed by atoms with van der Waals surface area (Å²) < 4.78 is 5.82. The molecule has 0 saturated heterocycles. The molecule has 0 spiro atoms. The van der Waals surface area contributed by atoms with Crippen LogP contribution in [-0.4, -0.2) is 23.5 Å². The Kier molecular flexibility index (Phi) is 3.71. The molecule has 0 aromatic heterocycles. The average molecular weight is 313 g/mol. The van der Waals surface area contributed by atoms with Gasteiger partial charge in [0.2, 0.25) is 0 Å². The van der Waals surface area contributed by atoms with Crippen LogP contribution in [0.5, 0.6) is 5.75 Å². The third-order valence-corrected chi connectivity index (χ3v) is 3.71. The van der Waals surface area contributed by atoms with Crippen molar-refractivity contribution in [3.8, 4) is 5.75 Å². The van der Waals surface area contributed by atoms with Crippen LogP contribution in [0.2, 0.25) is 0 Å². The monoisotopic (exact) mass is 312 g/mol. The predicted octanol–water partition coefficient (Wildman–Crippen LogP) is 2.68. The summed E-state index contributed by atoms with van der Waals surface area (Å²) in [5.74, 6) is -0.350. The molecular weight excluding hydrogens is 300 g/mol. The second kappa shape index (κ2) is 5.10. The van der Waals surface area contributed by atoms with Crippen LogP contribution >= 0.6 is 15.9 Å². The number of hydrogen-bond donors (Lipinski definition) is 1. The quantitative estimate of drug-likeness (QED) is 0.928. The van der Waals surface area contributed by atoms with Crippen LogP contribution in [0.25, 0.3) is 0 Å². The van der Waals surface area contributed by atoms with E-state index in [1.807, 2.05) is 6.92 Å². The Morgan fingerprint density at radius 2 is 2.28 bits per heavy atom. The molecule has 0 saturated carbocycles. The predicted molar refractivity (Wildman–Crippen MR) is 69.1 cm³/mol. The van der Waals surface area contributed by atoms with Gasteiger partial charge in [0.1, 0.15) is 5.75 Å². The van der Waals surface area contributed by atoms with Crippen molar-refractivity contribution in [1.29, 1.82) is 0 Å². The van der Waals surface area contributed by atoms with E-state index in [4.69, 9.17) is 9.84 Å². The Hall–Kier alpha value is -1.36. The fourth-order valence-electron chi connectivity index (χ4n) is 2.19. The van der Waals surface area contributed by atoms with Gasteiger partial charge in [-0.05, 0) is 46.5 Å². The molecule has 0 heterocycles. The number of carbonyl (C=O) groups is 2. The van der Waals surface area contributed by atoms with Crippen molar-refractivity contribution in [2.24, 2.45) is 5.92 Å². The maximum Gasteiger partial charge on any atom is 0.341 e. The van der Waals surface area contributed by atoms with Gasteiger partial charge >= 0.3 is 5.97 Å². The van der Waals surface area contributed by atoms with E-state index in [0.717, 1.165) is 12.0 Å². The Labute approximate surface area is 113 Å². The lowest BCUT2D eigenvalue weighted by Crippen LogP contribution is -2.09. The van der Waals surface area contributed by atoms with E-state index in [0.29, 0.717) is 22.2 Å². The Morgan fingerprint density at radius 1 is 1.56 bits per heavy atom. The maximum atomic E-state index is 12.1. The summed E-state index contributed by atoms with van der Waals surface area (Å²) in [6.07, 6.45) is 1.51. The van der Waals surface area contributed by atoms with E-state index in [1.165, 1.54) is 0 Å². The zero-order valence-corrected chi connectivity index (χ0v) is 11.5. The van der Waals surface area contributed by atoms with Crippen molar-refractivity contribution in [2.45, 2.75) is 19.8 Å². The smallest absolute Gasteiger partial charge is 0.341 e. The fraction of sp³-hybridized carbons (Fsp3) is 0.385. The minimum absolute atomic E-state index is 0.0334. The van der Waals surface area contributed by atoms with Crippen molar-refractivity contribution >= 4 is 27.7 Å². The maximum absolute atomic E-state index is 12.1. The van der Waals surface area contributed by atoms with Gasteiger partial charge in [-0.3, -0.25) is 4.79 Å². The molecule has 96 valence electrons. The molecular formula is C13H13BrO4. The van der Waals surface area contributed by atoms with E-state index >= 15 is 0 Å². The third-order valence-electron chi connectivity index (χ3n) is 3.08. The van der Waals surface area contributed by atoms with Gasteiger partial charge in [-0.15, -0.1) is 0 Å². The molecule has 1 aliphatic rings. The van der Waals surface area contributed by atoms with Crippen LogP contribution in [0.15, 0.2) is 16.6 Å². The molecule has 5 heteroatoms. The number of benzene rings is 1. The normalized spacial score (nSPS) is 17.7. The number of ether oxygens (including phenoxy) is 1. The SMILES string of the molecule is CCC1Cc2cc(OCC(=O)O)cc(Br)c2C1=O. The van der Waals surface area contributed by atoms with E-state index < -0.39 is 5.97 Å². The highest BCUT2D eigenvalue weighted by atomic mass is 79.9. The zero-order valence-electron chi connectivity index (χ0n) is 9.90. The van der Waals surface area contributed by atoms with Gasteiger partial charge in [-0.2, -0.15) is 0 Å². The first-order valence-corrected chi connectivity index (χ1v) is 6.53. The van der Waals surface area contributed by atoms with E-state index in [2.05, 4.69) is 15.9 Å². The minimum atomic E-state index is -1.02. The van der Waals surface area contributed by atoms with Crippen LogP contribution in [0.3, 0.4) is 0 Å². The summed E-state index contributed by atoms with van der Waals surface area (Å²) >= 11 is 3.35. The highest BCUT2D eigenvalue weighted by Gasteiger charge is 2.31. The molecule has 18 heavy (non-hydrogen) atoms. The molecule has 1 unspecified atom stereocenters. The van der Waals surface area contributed by atoms with Crippen molar-refractivity contribution in [1.82, 2.24) is 0 Å². The van der Waals surface area contributed by atoms with Gasteiger partial charge in [-0.25, -0.2) is 4.79 Å². The number of rotatable bonds is 4. The first kappa shape index (κ1) is 13.1. The summed E-state index contributed by atoms with van der Waals surface area (Å²) in [7, 11) is 0. The van der Waals surface area contributed by atoms with Crippen LogP contribution in [-0.2, 0) is 11.2 Å². The van der Waals surface area contributed by atoms with Gasteiger partial charge in [0.05, 0.1) is 0 Å². The molecule has 1 N–H and O–H groups in total. The summed E-state index contributed by atoms with van der Waals surface area (Å²) in [5, 5.41) is 8.57. The molecule has 0 radical (unpaired) electrons. The first-order chi connectivity index (χ1) is 8.52. The number of carbonyl (C=O) groups excluding carboxylic acids is 1. The average Bonchev–Trinajstić information content (AvgIpc) is 2.63. The number of aliphatic carboxylic acids is 1. The number of ketones is 1. The molecule has 1 aliphatic carbocycles. The summed E-state index contributed by atoms with van der Waals surface area (Å²) in [4.78, 5) is 22.5. The van der Waals surface area contributed by atoms with Gasteiger partial charge in [0, 0.05) is 16.0 Å². The molecule has 4 nitrogen and oxygen atoms in total. The Balaban J connectivity index is 2.29. The standard InChI is InChI=1S/C13H13BrO4/c1-2-7-3-8-4-9(18-6-11(15)16)5-10(14)12(8)13(7)17/h4-5,7H,2-3,6H2,1H3,(H,15,16). The van der Waals surface area contributed by atoms with Crippen LogP contribution in [0, 0.1) is 5.92 Å². The fourth-order valence-corrected chi connectivity index (χ4v) is 2.87. The van der Waals surface area contributed by atoms with Crippen molar-refractivity contribution in [2.75, 3.05) is 6.61 Å². The highest BCUT2D eigenvalue weighted by molar-refractivity contribution is 9.10.